The predicted octanol–water partition coefficient (Wildman–Crippen LogP) is 0.357. The molecule has 3 N–H and O–H groups in total. The number of H-pyrrole nitrogens is 1. The average molecular weight is 264 g/mol. The second-order valence-corrected chi connectivity index (χ2v) is 5.13. The summed E-state index contributed by atoms with van der Waals surface area (Å²) in [5.41, 5.74) is 1.16. The van der Waals surface area contributed by atoms with E-state index in [1.165, 1.54) is 0 Å². The van der Waals surface area contributed by atoms with Gasteiger partial charge in [0.15, 0.2) is 0 Å². The quantitative estimate of drug-likeness (QED) is 0.695. The van der Waals surface area contributed by atoms with Gasteiger partial charge in [0.2, 0.25) is 5.91 Å². The molecule has 2 heterocycles. The topological polar surface area (TPSA) is 60.2 Å². The molecule has 0 radical (unpaired) electrons. The maximum absolute atomic E-state index is 11.9. The number of hydrogen-bond acceptors (Lipinski definition) is 3. The molecule has 1 aliphatic heterocycles. The number of piperazine rings is 1. The first-order valence-corrected chi connectivity index (χ1v) is 7.09. The molecule has 0 aliphatic carbocycles. The van der Waals surface area contributed by atoms with E-state index in [4.69, 9.17) is 0 Å². The van der Waals surface area contributed by atoms with Gasteiger partial charge in [-0.2, -0.15) is 0 Å². The lowest BCUT2D eigenvalue weighted by Crippen LogP contribution is -2.48. The molecule has 0 aromatic carbocycles. The minimum Gasteiger partial charge on any atom is -0.365 e. The van der Waals surface area contributed by atoms with Crippen LogP contribution in [-0.2, 0) is 11.2 Å². The lowest BCUT2D eigenvalue weighted by Gasteiger charge is -2.32. The second kappa shape index (κ2) is 7.31. The van der Waals surface area contributed by atoms with E-state index in [0.29, 0.717) is 19.0 Å². The van der Waals surface area contributed by atoms with Crippen molar-refractivity contribution in [1.29, 1.82) is 0 Å². The number of carbonyl (C=O) groups excluding carboxylic acids is 1. The fourth-order valence-electron chi connectivity index (χ4n) is 2.45. The highest BCUT2D eigenvalue weighted by Crippen LogP contribution is 2.05. The highest BCUT2D eigenvalue weighted by molar-refractivity contribution is 5.76. The zero-order valence-electron chi connectivity index (χ0n) is 11.6. The zero-order valence-corrected chi connectivity index (χ0v) is 11.6. The first-order chi connectivity index (χ1) is 9.25. The summed E-state index contributed by atoms with van der Waals surface area (Å²) in [6.45, 7) is 6.97. The Morgan fingerprint density at radius 2 is 2.26 bits per heavy atom. The molecule has 5 nitrogen and oxygen atoms in total. The molecule has 1 saturated heterocycles. The van der Waals surface area contributed by atoms with Gasteiger partial charge >= 0.3 is 0 Å². The fraction of sp³-hybridized carbons (Fsp3) is 0.643. The Hall–Kier alpha value is -1.33. The maximum Gasteiger partial charge on any atom is 0.221 e. The second-order valence-electron chi connectivity index (χ2n) is 5.13. The van der Waals surface area contributed by atoms with Gasteiger partial charge in [0.1, 0.15) is 0 Å². The number of aromatic amines is 1. The van der Waals surface area contributed by atoms with Gasteiger partial charge in [0.25, 0.3) is 0 Å². The summed E-state index contributed by atoms with van der Waals surface area (Å²) >= 11 is 0. The van der Waals surface area contributed by atoms with Crippen LogP contribution in [0, 0.1) is 0 Å². The van der Waals surface area contributed by atoms with Crippen LogP contribution in [0.15, 0.2) is 18.3 Å². The minimum absolute atomic E-state index is 0.151. The van der Waals surface area contributed by atoms with Crippen molar-refractivity contribution < 1.29 is 4.79 Å². The molecule has 2 rings (SSSR count). The van der Waals surface area contributed by atoms with E-state index in [1.807, 2.05) is 18.3 Å². The van der Waals surface area contributed by atoms with Crippen LogP contribution in [0.5, 0.6) is 0 Å². The highest BCUT2D eigenvalue weighted by Gasteiger charge is 2.18. The Morgan fingerprint density at radius 3 is 2.95 bits per heavy atom. The van der Waals surface area contributed by atoms with Gasteiger partial charge in [-0.25, -0.2) is 0 Å². The minimum atomic E-state index is 0.151. The zero-order chi connectivity index (χ0) is 13.5. The van der Waals surface area contributed by atoms with Crippen molar-refractivity contribution in [2.24, 2.45) is 0 Å². The third-order valence-electron chi connectivity index (χ3n) is 3.63. The molecule has 1 unspecified atom stereocenters. The third-order valence-corrected chi connectivity index (χ3v) is 3.63. The molecule has 19 heavy (non-hydrogen) atoms. The molecular formula is C14H24N4O. The van der Waals surface area contributed by atoms with E-state index in [1.54, 1.807) is 0 Å². The van der Waals surface area contributed by atoms with E-state index >= 15 is 0 Å². The summed E-state index contributed by atoms with van der Waals surface area (Å²) in [6.07, 6.45) is 3.36. The summed E-state index contributed by atoms with van der Waals surface area (Å²) in [7, 11) is 0. The number of carbonyl (C=O) groups is 1. The van der Waals surface area contributed by atoms with Crippen molar-refractivity contribution in [3.63, 3.8) is 0 Å². The maximum atomic E-state index is 11.9. The van der Waals surface area contributed by atoms with Crippen LogP contribution in [0.1, 0.15) is 19.0 Å². The van der Waals surface area contributed by atoms with E-state index in [-0.39, 0.29) is 5.91 Å². The molecule has 0 bridgehead atoms. The SMILES string of the molecule is CC(CC(=O)NCCc1ccc[nH]1)N1CCNCC1. The molecule has 5 heteroatoms. The van der Waals surface area contributed by atoms with E-state index in [9.17, 15) is 4.79 Å². The van der Waals surface area contributed by atoms with E-state index < -0.39 is 0 Å². The molecule has 1 aromatic heterocycles. The molecular weight excluding hydrogens is 240 g/mol. The number of nitrogens with zero attached hydrogens (tertiary/aromatic N) is 1. The van der Waals surface area contributed by atoms with Gasteiger partial charge in [0, 0.05) is 63.5 Å². The van der Waals surface area contributed by atoms with Gasteiger partial charge in [-0.1, -0.05) is 0 Å². The molecule has 1 atom stereocenters. The monoisotopic (exact) mass is 264 g/mol. The number of aromatic nitrogens is 1. The molecule has 1 aromatic rings. The Bertz CT molecular complexity index is 371. The number of nitrogens with one attached hydrogen (secondary N) is 3. The van der Waals surface area contributed by atoms with Crippen LogP contribution >= 0.6 is 0 Å². The summed E-state index contributed by atoms with van der Waals surface area (Å²) < 4.78 is 0. The number of amides is 1. The van der Waals surface area contributed by atoms with Crippen LogP contribution < -0.4 is 10.6 Å². The fourth-order valence-corrected chi connectivity index (χ4v) is 2.45. The third kappa shape index (κ3) is 4.69. The van der Waals surface area contributed by atoms with Gasteiger partial charge < -0.3 is 15.6 Å². The van der Waals surface area contributed by atoms with Crippen LogP contribution in [0.4, 0.5) is 0 Å². The largest absolute Gasteiger partial charge is 0.365 e. The van der Waals surface area contributed by atoms with Crippen LogP contribution in [0.2, 0.25) is 0 Å². The summed E-state index contributed by atoms with van der Waals surface area (Å²) in [4.78, 5) is 17.4. The standard InChI is InChI=1S/C14H24N4O/c1-12(18-9-7-15-8-10-18)11-14(19)17-6-4-13-3-2-5-16-13/h2-3,5,12,15-16H,4,6-11H2,1H3,(H,17,19). The van der Waals surface area contributed by atoms with Crippen molar-refractivity contribution in [2.45, 2.75) is 25.8 Å². The van der Waals surface area contributed by atoms with Crippen molar-refractivity contribution in [3.8, 4) is 0 Å². The Morgan fingerprint density at radius 1 is 1.47 bits per heavy atom. The smallest absolute Gasteiger partial charge is 0.221 e. The van der Waals surface area contributed by atoms with Crippen molar-refractivity contribution in [3.05, 3.63) is 24.0 Å². The number of rotatable bonds is 6. The average Bonchev–Trinajstić information content (AvgIpc) is 2.93. The lowest BCUT2D eigenvalue weighted by molar-refractivity contribution is -0.122. The summed E-state index contributed by atoms with van der Waals surface area (Å²) in [6, 6.07) is 4.34. The number of hydrogen-bond donors (Lipinski definition) is 3. The molecule has 0 saturated carbocycles. The molecule has 0 spiro atoms. The molecule has 1 fully saturated rings. The van der Waals surface area contributed by atoms with Crippen LogP contribution in [0.3, 0.4) is 0 Å². The first-order valence-electron chi connectivity index (χ1n) is 7.09. The van der Waals surface area contributed by atoms with Crippen molar-refractivity contribution in [1.82, 2.24) is 20.5 Å². The normalized spacial score (nSPS) is 18.2. The van der Waals surface area contributed by atoms with Gasteiger partial charge in [-0.05, 0) is 19.1 Å². The van der Waals surface area contributed by atoms with E-state index in [0.717, 1.165) is 38.3 Å². The highest BCUT2D eigenvalue weighted by atomic mass is 16.1. The van der Waals surface area contributed by atoms with Crippen molar-refractivity contribution >= 4 is 5.91 Å². The molecule has 1 amide bonds. The lowest BCUT2D eigenvalue weighted by atomic mass is 10.1. The van der Waals surface area contributed by atoms with Crippen molar-refractivity contribution in [2.75, 3.05) is 32.7 Å². The predicted molar refractivity (Wildman–Crippen MR) is 76.0 cm³/mol. The molecule has 1 aliphatic rings. The van der Waals surface area contributed by atoms with E-state index in [2.05, 4.69) is 27.4 Å². The van der Waals surface area contributed by atoms with Gasteiger partial charge in [-0.15, -0.1) is 0 Å². The Kier molecular flexibility index (Phi) is 5.42. The van der Waals surface area contributed by atoms with Crippen LogP contribution in [-0.4, -0.2) is 54.6 Å². The Balaban J connectivity index is 1.63. The van der Waals surface area contributed by atoms with Gasteiger partial charge in [-0.3, -0.25) is 9.69 Å². The van der Waals surface area contributed by atoms with Gasteiger partial charge in [0.05, 0.1) is 0 Å². The first kappa shape index (κ1) is 14.1. The summed E-state index contributed by atoms with van der Waals surface area (Å²) in [5, 5.41) is 6.32. The van der Waals surface area contributed by atoms with Crippen LogP contribution in [0.25, 0.3) is 0 Å². The Labute approximate surface area is 114 Å². The molecule has 106 valence electrons. The summed E-state index contributed by atoms with van der Waals surface area (Å²) in [5.74, 6) is 0.151.